The summed E-state index contributed by atoms with van der Waals surface area (Å²) in [5.74, 6) is -1.29. The Kier molecular flexibility index (Phi) is 6.76. The van der Waals surface area contributed by atoms with Crippen LogP contribution in [0.5, 0.6) is 0 Å². The van der Waals surface area contributed by atoms with Crippen LogP contribution in [0.25, 0.3) is 0 Å². The van der Waals surface area contributed by atoms with Crippen LogP contribution >= 0.6 is 0 Å². The van der Waals surface area contributed by atoms with Gasteiger partial charge < -0.3 is 10.1 Å². The molecule has 1 unspecified atom stereocenters. The first kappa shape index (κ1) is 15.0. The second kappa shape index (κ2) is 8.11. The molecule has 1 aliphatic rings. The van der Waals surface area contributed by atoms with Crippen LogP contribution in [0.4, 0.5) is 0 Å². The molecule has 1 fully saturated rings. The number of ether oxygens (including phenoxy) is 1. The molecule has 0 spiro atoms. The van der Waals surface area contributed by atoms with Gasteiger partial charge >= 0.3 is 5.97 Å². The molecule has 0 heterocycles. The predicted molar refractivity (Wildman–Crippen MR) is 70.0 cm³/mol. The summed E-state index contributed by atoms with van der Waals surface area (Å²) in [6.07, 6.45) is 7.48. The highest BCUT2D eigenvalue weighted by atomic mass is 16.5. The molecule has 0 saturated heterocycles. The molecule has 4 nitrogen and oxygen atoms in total. The maximum atomic E-state index is 11.9. The molecule has 0 aromatic rings. The van der Waals surface area contributed by atoms with E-state index in [9.17, 15) is 9.59 Å². The number of esters is 1. The first-order valence-electron chi connectivity index (χ1n) is 7.12. The van der Waals surface area contributed by atoms with E-state index in [4.69, 9.17) is 4.74 Å². The standard InChI is InChI=1S/C14H25NO3/c1-3-4-10-18-14(17)11(2)13(16)15-12-8-6-5-7-9-12/h11-12H,3-10H2,1-2H3,(H,15,16). The molecule has 1 rings (SSSR count). The van der Waals surface area contributed by atoms with E-state index in [0.29, 0.717) is 6.61 Å². The van der Waals surface area contributed by atoms with Gasteiger partial charge in [-0.05, 0) is 26.2 Å². The number of hydrogen-bond acceptors (Lipinski definition) is 3. The fourth-order valence-corrected chi connectivity index (χ4v) is 2.12. The summed E-state index contributed by atoms with van der Waals surface area (Å²) in [5.41, 5.74) is 0. The van der Waals surface area contributed by atoms with E-state index in [-0.39, 0.29) is 11.9 Å². The lowest BCUT2D eigenvalue weighted by Gasteiger charge is -2.24. The highest BCUT2D eigenvalue weighted by Crippen LogP contribution is 2.17. The second-order valence-corrected chi connectivity index (χ2v) is 5.09. The second-order valence-electron chi connectivity index (χ2n) is 5.09. The summed E-state index contributed by atoms with van der Waals surface area (Å²) < 4.78 is 5.05. The third-order valence-corrected chi connectivity index (χ3v) is 3.44. The molecule has 1 amide bonds. The average Bonchev–Trinajstić information content (AvgIpc) is 2.39. The first-order valence-corrected chi connectivity index (χ1v) is 7.12. The largest absolute Gasteiger partial charge is 0.465 e. The van der Waals surface area contributed by atoms with Crippen molar-refractivity contribution in [2.45, 2.75) is 64.8 Å². The van der Waals surface area contributed by atoms with E-state index in [2.05, 4.69) is 5.32 Å². The Morgan fingerprint density at radius 3 is 2.56 bits per heavy atom. The predicted octanol–water partition coefficient (Wildman–Crippen LogP) is 2.41. The van der Waals surface area contributed by atoms with Gasteiger partial charge in [0.1, 0.15) is 5.92 Å². The van der Waals surface area contributed by atoms with E-state index in [1.165, 1.54) is 19.3 Å². The molecule has 1 aliphatic carbocycles. The monoisotopic (exact) mass is 255 g/mol. The number of hydrogen-bond donors (Lipinski definition) is 1. The van der Waals surface area contributed by atoms with Crippen LogP contribution in [-0.2, 0) is 14.3 Å². The molecular formula is C14H25NO3. The van der Waals surface area contributed by atoms with Crippen LogP contribution in [0, 0.1) is 5.92 Å². The minimum Gasteiger partial charge on any atom is -0.465 e. The first-order chi connectivity index (χ1) is 8.65. The summed E-state index contributed by atoms with van der Waals surface area (Å²) in [5, 5.41) is 2.95. The van der Waals surface area contributed by atoms with Crippen molar-refractivity contribution in [1.82, 2.24) is 5.32 Å². The van der Waals surface area contributed by atoms with Gasteiger partial charge in [0.15, 0.2) is 0 Å². The topological polar surface area (TPSA) is 55.4 Å². The van der Waals surface area contributed by atoms with Crippen molar-refractivity contribution in [3.8, 4) is 0 Å². The van der Waals surface area contributed by atoms with Gasteiger partial charge in [-0.3, -0.25) is 9.59 Å². The minimum absolute atomic E-state index is 0.191. The van der Waals surface area contributed by atoms with Crippen molar-refractivity contribution in [3.05, 3.63) is 0 Å². The zero-order valence-electron chi connectivity index (χ0n) is 11.5. The van der Waals surface area contributed by atoms with Crippen molar-refractivity contribution in [3.63, 3.8) is 0 Å². The highest BCUT2D eigenvalue weighted by Gasteiger charge is 2.25. The molecule has 104 valence electrons. The molecule has 0 aliphatic heterocycles. The third kappa shape index (κ3) is 5.07. The number of carbonyl (C=O) groups is 2. The highest BCUT2D eigenvalue weighted by molar-refractivity contribution is 5.97. The molecule has 0 aromatic heterocycles. The maximum Gasteiger partial charge on any atom is 0.318 e. The van der Waals surface area contributed by atoms with Crippen molar-refractivity contribution in [2.75, 3.05) is 6.61 Å². The summed E-state index contributed by atoms with van der Waals surface area (Å²) in [4.78, 5) is 23.5. The van der Waals surface area contributed by atoms with Gasteiger partial charge in [-0.25, -0.2) is 0 Å². The summed E-state index contributed by atoms with van der Waals surface area (Å²) in [6, 6.07) is 0.247. The number of amides is 1. The average molecular weight is 255 g/mol. The van der Waals surface area contributed by atoms with E-state index in [1.807, 2.05) is 6.92 Å². The van der Waals surface area contributed by atoms with Gasteiger partial charge in [-0.1, -0.05) is 32.6 Å². The normalized spacial score (nSPS) is 18.1. The van der Waals surface area contributed by atoms with E-state index in [1.54, 1.807) is 6.92 Å². The summed E-state index contributed by atoms with van der Waals surface area (Å²) in [6.45, 7) is 4.07. The minimum atomic E-state index is -0.691. The number of rotatable bonds is 6. The zero-order chi connectivity index (χ0) is 13.4. The van der Waals surface area contributed by atoms with Crippen molar-refractivity contribution in [2.24, 2.45) is 5.92 Å². The Labute approximate surface area is 109 Å². The molecule has 1 N–H and O–H groups in total. The lowest BCUT2D eigenvalue weighted by molar-refractivity contribution is -0.152. The van der Waals surface area contributed by atoms with Gasteiger partial charge in [0.25, 0.3) is 0 Å². The Morgan fingerprint density at radius 2 is 1.94 bits per heavy atom. The number of carbonyl (C=O) groups excluding carboxylic acids is 2. The molecule has 1 atom stereocenters. The van der Waals surface area contributed by atoms with Gasteiger partial charge in [-0.15, -0.1) is 0 Å². The number of nitrogens with one attached hydrogen (secondary N) is 1. The third-order valence-electron chi connectivity index (χ3n) is 3.44. The van der Waals surface area contributed by atoms with Crippen molar-refractivity contribution < 1.29 is 14.3 Å². The Balaban J connectivity index is 2.28. The molecule has 0 bridgehead atoms. The van der Waals surface area contributed by atoms with Crippen LogP contribution in [0.3, 0.4) is 0 Å². The van der Waals surface area contributed by atoms with E-state index in [0.717, 1.165) is 25.7 Å². The Bertz CT molecular complexity index is 272. The zero-order valence-corrected chi connectivity index (χ0v) is 11.5. The summed E-state index contributed by atoms with van der Waals surface area (Å²) >= 11 is 0. The lowest BCUT2D eigenvalue weighted by atomic mass is 9.95. The van der Waals surface area contributed by atoms with Gasteiger partial charge in [0.2, 0.25) is 5.91 Å². The van der Waals surface area contributed by atoms with Crippen LogP contribution in [0.2, 0.25) is 0 Å². The van der Waals surface area contributed by atoms with Crippen LogP contribution in [0.15, 0.2) is 0 Å². The smallest absolute Gasteiger partial charge is 0.318 e. The molecule has 1 saturated carbocycles. The Morgan fingerprint density at radius 1 is 1.28 bits per heavy atom. The van der Waals surface area contributed by atoms with Gasteiger partial charge in [0, 0.05) is 6.04 Å². The van der Waals surface area contributed by atoms with Gasteiger partial charge in [0.05, 0.1) is 6.61 Å². The Hall–Kier alpha value is -1.06. The van der Waals surface area contributed by atoms with Crippen LogP contribution in [0.1, 0.15) is 58.8 Å². The lowest BCUT2D eigenvalue weighted by Crippen LogP contribution is -2.41. The molecular weight excluding hydrogens is 230 g/mol. The van der Waals surface area contributed by atoms with Crippen molar-refractivity contribution in [1.29, 1.82) is 0 Å². The molecule has 18 heavy (non-hydrogen) atoms. The summed E-state index contributed by atoms with van der Waals surface area (Å²) in [7, 11) is 0. The molecule has 0 radical (unpaired) electrons. The maximum absolute atomic E-state index is 11.9. The van der Waals surface area contributed by atoms with Crippen LogP contribution in [-0.4, -0.2) is 24.5 Å². The van der Waals surface area contributed by atoms with Gasteiger partial charge in [-0.2, -0.15) is 0 Å². The molecule has 4 heteroatoms. The SMILES string of the molecule is CCCCOC(=O)C(C)C(=O)NC1CCCCC1. The fraction of sp³-hybridized carbons (Fsp3) is 0.857. The van der Waals surface area contributed by atoms with E-state index >= 15 is 0 Å². The van der Waals surface area contributed by atoms with Crippen molar-refractivity contribution >= 4 is 11.9 Å². The number of unbranched alkanes of at least 4 members (excludes halogenated alkanes) is 1. The van der Waals surface area contributed by atoms with Crippen LogP contribution < -0.4 is 5.32 Å². The fourth-order valence-electron chi connectivity index (χ4n) is 2.12. The van der Waals surface area contributed by atoms with E-state index < -0.39 is 11.9 Å². The quantitative estimate of drug-likeness (QED) is 0.450. The molecule has 0 aromatic carbocycles.